The lowest BCUT2D eigenvalue weighted by Gasteiger charge is -2.27. The zero-order valence-electron chi connectivity index (χ0n) is 8.72. The van der Waals surface area contributed by atoms with Crippen molar-refractivity contribution in [3.63, 3.8) is 0 Å². The van der Waals surface area contributed by atoms with E-state index in [1.54, 1.807) is 25.6 Å². The molecule has 80 valence electrons. The zero-order valence-corrected chi connectivity index (χ0v) is 10.4. The fraction of sp³-hybridized carbons (Fsp3) is 0.444. The quantitative estimate of drug-likeness (QED) is 0.291. The van der Waals surface area contributed by atoms with Crippen LogP contribution in [-0.2, 0) is 16.3 Å². The molecule has 0 radical (unpaired) electrons. The van der Waals surface area contributed by atoms with Crippen LogP contribution in [0.4, 0.5) is 0 Å². The molecule has 0 aromatic heterocycles. The van der Waals surface area contributed by atoms with Crippen molar-refractivity contribution in [2.75, 3.05) is 26.9 Å². The highest BCUT2D eigenvalue weighted by Gasteiger charge is 2.15. The Morgan fingerprint density at radius 1 is 1.50 bits per heavy atom. The molecule has 14 heavy (non-hydrogen) atoms. The first-order chi connectivity index (χ1) is 6.58. The topological polar surface area (TPSA) is 24.8 Å². The van der Waals surface area contributed by atoms with Crippen LogP contribution in [0.15, 0.2) is 30.3 Å². The van der Waals surface area contributed by atoms with Crippen LogP contribution >= 0.6 is 6.42 Å². The van der Waals surface area contributed by atoms with E-state index >= 15 is 0 Å². The summed E-state index contributed by atoms with van der Waals surface area (Å²) >= 11 is 5.33. The summed E-state index contributed by atoms with van der Waals surface area (Å²) in [7, 11) is 1.62. The molecule has 1 unspecified atom stereocenters. The highest BCUT2D eigenvalue weighted by Crippen LogP contribution is 2.45. The second-order valence-corrected chi connectivity index (χ2v) is 7.18. The Hall–Kier alpha value is -0.440. The first-order valence-corrected chi connectivity index (χ1v) is 7.32. The SMILES string of the molecule is C=CCN=CN(CC=C)P(C)(=S)OC. The van der Waals surface area contributed by atoms with Gasteiger partial charge >= 0.3 is 0 Å². The minimum atomic E-state index is -1.93. The van der Waals surface area contributed by atoms with Gasteiger partial charge in [0.25, 0.3) is 0 Å². The van der Waals surface area contributed by atoms with Crippen molar-refractivity contribution in [1.29, 1.82) is 0 Å². The molecule has 0 aliphatic carbocycles. The first-order valence-electron chi connectivity index (χ1n) is 4.20. The van der Waals surface area contributed by atoms with Gasteiger partial charge in [-0.1, -0.05) is 12.2 Å². The van der Waals surface area contributed by atoms with Gasteiger partial charge in [-0.05, 0) is 11.8 Å². The van der Waals surface area contributed by atoms with Crippen molar-refractivity contribution in [3.05, 3.63) is 25.3 Å². The van der Waals surface area contributed by atoms with Gasteiger partial charge in [0.05, 0.1) is 12.9 Å². The number of aliphatic imine (C=N–C) groups is 1. The summed E-state index contributed by atoms with van der Waals surface area (Å²) in [6.07, 6.45) is 3.30. The monoisotopic (exact) mass is 232 g/mol. The lowest BCUT2D eigenvalue weighted by atomic mass is 10.6. The van der Waals surface area contributed by atoms with Crippen molar-refractivity contribution >= 4 is 24.6 Å². The Labute approximate surface area is 91.3 Å². The van der Waals surface area contributed by atoms with Gasteiger partial charge in [0.2, 0.25) is 0 Å². The molecule has 0 fully saturated rings. The summed E-state index contributed by atoms with van der Waals surface area (Å²) in [4.78, 5) is 4.14. The molecule has 0 aliphatic heterocycles. The fourth-order valence-corrected chi connectivity index (χ4v) is 1.95. The molecule has 0 saturated carbocycles. The summed E-state index contributed by atoms with van der Waals surface area (Å²) in [6, 6.07) is 0. The van der Waals surface area contributed by atoms with Crippen molar-refractivity contribution in [2.24, 2.45) is 4.99 Å². The number of rotatable bonds is 7. The predicted molar refractivity (Wildman–Crippen MR) is 67.7 cm³/mol. The molecule has 0 rings (SSSR count). The van der Waals surface area contributed by atoms with Crippen LogP contribution < -0.4 is 0 Å². The maximum atomic E-state index is 5.33. The van der Waals surface area contributed by atoms with Gasteiger partial charge < -0.3 is 9.19 Å². The van der Waals surface area contributed by atoms with Crippen LogP contribution in [0, 0.1) is 0 Å². The summed E-state index contributed by atoms with van der Waals surface area (Å²) in [5, 5.41) is 0. The van der Waals surface area contributed by atoms with Gasteiger partial charge in [0.1, 0.15) is 0 Å². The Balaban J connectivity index is 4.50. The zero-order chi connectivity index (χ0) is 11.0. The van der Waals surface area contributed by atoms with Gasteiger partial charge in [-0.2, -0.15) is 0 Å². The molecule has 0 bridgehead atoms. The third-order valence-corrected chi connectivity index (χ3v) is 4.52. The summed E-state index contributed by atoms with van der Waals surface area (Å²) in [5.74, 6) is 0. The predicted octanol–water partition coefficient (Wildman–Crippen LogP) is 2.27. The number of hydrogen-bond donors (Lipinski definition) is 0. The maximum Gasteiger partial charge on any atom is 0.153 e. The lowest BCUT2D eigenvalue weighted by molar-refractivity contribution is 0.432. The van der Waals surface area contributed by atoms with Gasteiger partial charge in [0.15, 0.2) is 6.42 Å². The highest BCUT2D eigenvalue weighted by molar-refractivity contribution is 8.10. The summed E-state index contributed by atoms with van der Waals surface area (Å²) in [6.45, 7) is 10.4. The van der Waals surface area contributed by atoms with Crippen LogP contribution in [0.2, 0.25) is 0 Å². The van der Waals surface area contributed by atoms with Gasteiger partial charge in [-0.3, -0.25) is 4.99 Å². The minimum absolute atomic E-state index is 0.590. The van der Waals surface area contributed by atoms with Crippen LogP contribution in [0.1, 0.15) is 0 Å². The molecule has 0 aromatic carbocycles. The molecule has 0 amide bonds. The molecule has 3 nitrogen and oxygen atoms in total. The average molecular weight is 232 g/mol. The van der Waals surface area contributed by atoms with E-state index in [4.69, 9.17) is 16.3 Å². The van der Waals surface area contributed by atoms with Crippen LogP contribution in [0.5, 0.6) is 0 Å². The Bertz CT molecular complexity index is 266. The van der Waals surface area contributed by atoms with E-state index in [0.717, 1.165) is 0 Å². The van der Waals surface area contributed by atoms with E-state index in [1.807, 2.05) is 11.3 Å². The standard InChI is InChI=1S/C9H17N2OPS/c1-5-7-10-9-11(8-6-2)13(4,14)12-3/h5-6,9H,1-2,7-8H2,3-4H3. The molecular weight excluding hydrogens is 215 g/mol. The molecule has 0 aliphatic rings. The lowest BCUT2D eigenvalue weighted by Crippen LogP contribution is -2.19. The van der Waals surface area contributed by atoms with Crippen LogP contribution in [0.3, 0.4) is 0 Å². The smallest absolute Gasteiger partial charge is 0.153 e. The molecule has 1 atom stereocenters. The van der Waals surface area contributed by atoms with Gasteiger partial charge in [-0.25, -0.2) is 0 Å². The van der Waals surface area contributed by atoms with Crippen molar-refractivity contribution < 1.29 is 4.52 Å². The normalized spacial score (nSPS) is 15.0. The van der Waals surface area contributed by atoms with E-state index in [2.05, 4.69) is 18.2 Å². The van der Waals surface area contributed by atoms with Crippen LogP contribution in [0.25, 0.3) is 0 Å². The molecule has 0 aromatic rings. The summed E-state index contributed by atoms with van der Waals surface area (Å²) in [5.41, 5.74) is 0. The third kappa shape index (κ3) is 4.70. The van der Waals surface area contributed by atoms with E-state index in [0.29, 0.717) is 13.1 Å². The number of hydrogen-bond acceptors (Lipinski definition) is 3. The minimum Gasteiger partial charge on any atom is -0.337 e. The van der Waals surface area contributed by atoms with Crippen molar-refractivity contribution in [3.8, 4) is 0 Å². The van der Waals surface area contributed by atoms with Gasteiger partial charge in [-0.15, -0.1) is 13.2 Å². The average Bonchev–Trinajstić information content (AvgIpc) is 2.17. The second-order valence-electron chi connectivity index (χ2n) is 2.67. The van der Waals surface area contributed by atoms with E-state index < -0.39 is 6.42 Å². The number of nitrogens with zero attached hydrogens (tertiary/aromatic N) is 2. The fourth-order valence-electron chi connectivity index (χ4n) is 0.742. The van der Waals surface area contributed by atoms with E-state index in [9.17, 15) is 0 Å². The Kier molecular flexibility index (Phi) is 6.71. The van der Waals surface area contributed by atoms with Crippen LogP contribution in [-0.4, -0.2) is 37.9 Å². The third-order valence-electron chi connectivity index (χ3n) is 1.57. The van der Waals surface area contributed by atoms with Crippen molar-refractivity contribution in [2.45, 2.75) is 0 Å². The first kappa shape index (κ1) is 13.6. The summed E-state index contributed by atoms with van der Waals surface area (Å²) < 4.78 is 7.17. The van der Waals surface area contributed by atoms with Crippen molar-refractivity contribution in [1.82, 2.24) is 4.67 Å². The molecule has 0 spiro atoms. The maximum absolute atomic E-state index is 5.33. The van der Waals surface area contributed by atoms with E-state index in [1.165, 1.54) is 0 Å². The Morgan fingerprint density at radius 3 is 2.57 bits per heavy atom. The molecule has 0 N–H and O–H groups in total. The molecular formula is C9H17N2OPS. The van der Waals surface area contributed by atoms with Gasteiger partial charge in [0, 0.05) is 20.3 Å². The highest BCUT2D eigenvalue weighted by atomic mass is 32.4. The molecule has 0 heterocycles. The van der Waals surface area contributed by atoms with E-state index in [-0.39, 0.29) is 0 Å². The molecule has 5 heteroatoms. The Morgan fingerprint density at radius 2 is 2.14 bits per heavy atom. The second kappa shape index (κ2) is 6.93. The largest absolute Gasteiger partial charge is 0.337 e. The molecule has 0 saturated heterocycles.